The monoisotopic (exact) mass is 341 g/mol. The fraction of sp³-hybridized carbons (Fsp3) is 0.231. The third-order valence-electron chi connectivity index (χ3n) is 2.56. The third kappa shape index (κ3) is 3.58. The summed E-state index contributed by atoms with van der Waals surface area (Å²) in [5, 5.41) is 10.0. The Labute approximate surface area is 124 Å². The lowest BCUT2D eigenvalue weighted by Gasteiger charge is -2.04. The van der Waals surface area contributed by atoms with E-state index in [0.29, 0.717) is 16.4 Å². The molecule has 0 spiro atoms. The number of carbonyl (C=O) groups is 1. The first-order valence-corrected chi connectivity index (χ1v) is 7.08. The predicted molar refractivity (Wildman–Crippen MR) is 79.7 cm³/mol. The lowest BCUT2D eigenvalue weighted by atomic mass is 10.2. The van der Waals surface area contributed by atoms with Crippen LogP contribution in [0.2, 0.25) is 5.02 Å². The highest BCUT2D eigenvalue weighted by molar-refractivity contribution is 9.10. The minimum atomic E-state index is -0.277. The number of H-pyrrole nitrogens is 1. The first-order valence-electron chi connectivity index (χ1n) is 5.91. The number of anilines is 1. The van der Waals surface area contributed by atoms with E-state index >= 15 is 0 Å². The molecular weight excluding hydrogens is 330 g/mol. The van der Waals surface area contributed by atoms with E-state index in [4.69, 9.17) is 11.6 Å². The van der Waals surface area contributed by atoms with Crippen LogP contribution in [0.15, 0.2) is 28.7 Å². The molecule has 1 heterocycles. The highest BCUT2D eigenvalue weighted by Gasteiger charge is 2.12. The molecule has 0 unspecified atom stereocenters. The second kappa shape index (κ2) is 6.21. The van der Waals surface area contributed by atoms with E-state index in [1.54, 1.807) is 18.2 Å². The van der Waals surface area contributed by atoms with Crippen molar-refractivity contribution in [1.82, 2.24) is 10.2 Å². The summed E-state index contributed by atoms with van der Waals surface area (Å²) in [5.41, 5.74) is 1.41. The Kier molecular flexibility index (Phi) is 4.61. The van der Waals surface area contributed by atoms with Crippen LogP contribution < -0.4 is 5.32 Å². The van der Waals surface area contributed by atoms with Gasteiger partial charge in [-0.3, -0.25) is 9.89 Å². The van der Waals surface area contributed by atoms with E-state index in [1.807, 2.05) is 6.07 Å². The number of amides is 1. The van der Waals surface area contributed by atoms with Crippen molar-refractivity contribution in [2.24, 2.45) is 0 Å². The Morgan fingerprint density at radius 3 is 3.00 bits per heavy atom. The van der Waals surface area contributed by atoms with Gasteiger partial charge in [0.15, 0.2) is 5.82 Å². The average Bonchev–Trinajstić information content (AvgIpc) is 2.80. The van der Waals surface area contributed by atoms with Crippen LogP contribution in [0.1, 0.15) is 29.4 Å². The number of hydrogen-bond donors (Lipinski definition) is 2. The van der Waals surface area contributed by atoms with E-state index in [0.717, 1.165) is 23.0 Å². The average molecular weight is 343 g/mol. The maximum atomic E-state index is 12.1. The van der Waals surface area contributed by atoms with Crippen molar-refractivity contribution in [1.29, 1.82) is 0 Å². The molecule has 6 heteroatoms. The number of aryl methyl sites for hydroxylation is 1. The van der Waals surface area contributed by atoms with Gasteiger partial charge < -0.3 is 5.32 Å². The Morgan fingerprint density at radius 2 is 2.26 bits per heavy atom. The normalized spacial score (nSPS) is 10.5. The Morgan fingerprint density at radius 1 is 1.47 bits per heavy atom. The number of rotatable bonds is 4. The molecule has 0 aliphatic heterocycles. The van der Waals surface area contributed by atoms with Gasteiger partial charge in [-0.15, -0.1) is 0 Å². The number of aromatic nitrogens is 2. The standard InChI is InChI=1S/C13H13BrClN3O/c1-2-3-9-7-12(18-17-9)16-13(19)10-6-8(14)4-5-11(10)15/h4-7H,2-3H2,1H3,(H2,16,17,18,19). The number of nitrogens with one attached hydrogen (secondary N) is 2. The summed E-state index contributed by atoms with van der Waals surface area (Å²) in [6.07, 6.45) is 1.92. The van der Waals surface area contributed by atoms with Crippen molar-refractivity contribution in [2.75, 3.05) is 5.32 Å². The lowest BCUT2D eigenvalue weighted by Crippen LogP contribution is -2.12. The maximum absolute atomic E-state index is 12.1. The highest BCUT2D eigenvalue weighted by atomic mass is 79.9. The molecule has 2 N–H and O–H groups in total. The second-order valence-corrected chi connectivity index (χ2v) is 5.43. The summed E-state index contributed by atoms with van der Waals surface area (Å²) >= 11 is 9.32. The highest BCUT2D eigenvalue weighted by Crippen LogP contribution is 2.22. The molecule has 2 aromatic rings. The number of nitrogens with zero attached hydrogens (tertiary/aromatic N) is 1. The molecule has 1 aromatic heterocycles. The molecule has 0 aliphatic rings. The van der Waals surface area contributed by atoms with Gasteiger partial charge in [-0.05, 0) is 24.6 Å². The molecular formula is C13H13BrClN3O. The molecule has 0 saturated carbocycles. The minimum absolute atomic E-state index is 0.277. The second-order valence-electron chi connectivity index (χ2n) is 4.11. The van der Waals surface area contributed by atoms with Gasteiger partial charge in [-0.25, -0.2) is 0 Å². The van der Waals surface area contributed by atoms with Gasteiger partial charge in [0, 0.05) is 16.2 Å². The predicted octanol–water partition coefficient (Wildman–Crippen LogP) is 4.03. The topological polar surface area (TPSA) is 57.8 Å². The first-order chi connectivity index (χ1) is 9.10. The molecule has 19 heavy (non-hydrogen) atoms. The number of benzene rings is 1. The number of carbonyl (C=O) groups excluding carboxylic acids is 1. The van der Waals surface area contributed by atoms with Gasteiger partial charge in [0.05, 0.1) is 10.6 Å². The quantitative estimate of drug-likeness (QED) is 0.881. The summed E-state index contributed by atoms with van der Waals surface area (Å²) in [5.74, 6) is 0.227. The first kappa shape index (κ1) is 14.1. The Bertz CT molecular complexity index is 597. The fourth-order valence-electron chi connectivity index (χ4n) is 1.68. The van der Waals surface area contributed by atoms with Crippen molar-refractivity contribution in [2.45, 2.75) is 19.8 Å². The van der Waals surface area contributed by atoms with Crippen LogP contribution in [0.25, 0.3) is 0 Å². The zero-order valence-electron chi connectivity index (χ0n) is 10.3. The molecule has 4 nitrogen and oxygen atoms in total. The summed E-state index contributed by atoms with van der Waals surface area (Å²) in [7, 11) is 0. The Balaban J connectivity index is 2.13. The zero-order valence-corrected chi connectivity index (χ0v) is 12.7. The van der Waals surface area contributed by atoms with Gasteiger partial charge >= 0.3 is 0 Å². The van der Waals surface area contributed by atoms with Gasteiger partial charge in [0.25, 0.3) is 5.91 Å². The van der Waals surface area contributed by atoms with Crippen LogP contribution in [-0.4, -0.2) is 16.1 Å². The molecule has 0 radical (unpaired) electrons. The molecule has 1 amide bonds. The van der Waals surface area contributed by atoms with E-state index in [-0.39, 0.29) is 5.91 Å². The van der Waals surface area contributed by atoms with Gasteiger partial charge in [-0.1, -0.05) is 40.9 Å². The van der Waals surface area contributed by atoms with E-state index < -0.39 is 0 Å². The van der Waals surface area contributed by atoms with Crippen LogP contribution in [0.5, 0.6) is 0 Å². The Hall–Kier alpha value is -1.33. The van der Waals surface area contributed by atoms with Crippen molar-refractivity contribution in [3.8, 4) is 0 Å². The van der Waals surface area contributed by atoms with Gasteiger partial charge in [0.2, 0.25) is 0 Å². The fourth-order valence-corrected chi connectivity index (χ4v) is 2.24. The maximum Gasteiger partial charge on any atom is 0.258 e. The summed E-state index contributed by atoms with van der Waals surface area (Å²) < 4.78 is 0.802. The molecule has 100 valence electrons. The molecule has 1 aromatic carbocycles. The molecule has 0 bridgehead atoms. The SMILES string of the molecule is CCCc1cc(NC(=O)c2cc(Br)ccc2Cl)n[nH]1. The lowest BCUT2D eigenvalue weighted by molar-refractivity contribution is 0.102. The van der Waals surface area contributed by atoms with Crippen LogP contribution >= 0.6 is 27.5 Å². The molecule has 0 saturated heterocycles. The summed E-state index contributed by atoms with van der Waals surface area (Å²) in [4.78, 5) is 12.1. The number of halogens is 2. The van der Waals surface area contributed by atoms with Crippen molar-refractivity contribution >= 4 is 39.3 Å². The molecule has 2 rings (SSSR count). The van der Waals surface area contributed by atoms with E-state index in [1.165, 1.54) is 0 Å². The van der Waals surface area contributed by atoms with Crippen LogP contribution in [0.3, 0.4) is 0 Å². The van der Waals surface area contributed by atoms with Crippen molar-refractivity contribution in [3.63, 3.8) is 0 Å². The van der Waals surface area contributed by atoms with E-state index in [9.17, 15) is 4.79 Å². The summed E-state index contributed by atoms with van der Waals surface area (Å²) in [6, 6.07) is 6.96. The minimum Gasteiger partial charge on any atom is -0.305 e. The molecule has 0 fully saturated rings. The van der Waals surface area contributed by atoms with Gasteiger partial charge in [0.1, 0.15) is 0 Å². The molecule has 0 aliphatic carbocycles. The van der Waals surface area contributed by atoms with Crippen molar-refractivity contribution in [3.05, 3.63) is 45.0 Å². The van der Waals surface area contributed by atoms with E-state index in [2.05, 4.69) is 38.4 Å². The molecule has 0 atom stereocenters. The largest absolute Gasteiger partial charge is 0.305 e. The van der Waals surface area contributed by atoms with Crippen molar-refractivity contribution < 1.29 is 4.79 Å². The number of hydrogen-bond acceptors (Lipinski definition) is 2. The zero-order chi connectivity index (χ0) is 13.8. The third-order valence-corrected chi connectivity index (χ3v) is 3.39. The number of aromatic amines is 1. The van der Waals surface area contributed by atoms with Crippen LogP contribution in [0.4, 0.5) is 5.82 Å². The smallest absolute Gasteiger partial charge is 0.258 e. The van der Waals surface area contributed by atoms with Gasteiger partial charge in [-0.2, -0.15) is 5.10 Å². The van der Waals surface area contributed by atoms with Crippen LogP contribution in [-0.2, 0) is 6.42 Å². The van der Waals surface area contributed by atoms with Crippen LogP contribution in [0, 0.1) is 0 Å². The summed E-state index contributed by atoms with van der Waals surface area (Å²) in [6.45, 7) is 2.08.